The second-order valence-corrected chi connectivity index (χ2v) is 6.21. The fourth-order valence-electron chi connectivity index (χ4n) is 2.41. The number of piperidine rings is 1. The van der Waals surface area contributed by atoms with Gasteiger partial charge in [0.15, 0.2) is 0 Å². The minimum Gasteiger partial charge on any atom is -0.310 e. The van der Waals surface area contributed by atoms with Crippen molar-refractivity contribution in [3.63, 3.8) is 0 Å². The summed E-state index contributed by atoms with van der Waals surface area (Å²) < 4.78 is 1.02. The van der Waals surface area contributed by atoms with Crippen molar-refractivity contribution >= 4 is 33.6 Å². The first-order chi connectivity index (χ1) is 8.69. The molecule has 0 radical (unpaired) electrons. The smallest absolute Gasteiger partial charge is 0.0489 e. The molecule has 2 atom stereocenters. The molecule has 0 saturated carbocycles. The Morgan fingerprint density at radius 1 is 1.50 bits per heavy atom. The Balaban J connectivity index is 2.01. The van der Waals surface area contributed by atoms with Gasteiger partial charge in [-0.2, -0.15) is 0 Å². The van der Waals surface area contributed by atoms with Crippen LogP contribution in [0.3, 0.4) is 0 Å². The summed E-state index contributed by atoms with van der Waals surface area (Å²) in [4.78, 5) is 0. The number of halogens is 2. The van der Waals surface area contributed by atoms with Crippen molar-refractivity contribution in [2.75, 3.05) is 6.54 Å². The number of hydrogen-bond acceptors (Lipinski definition) is 1. The molecule has 1 nitrogen and oxygen atoms in total. The van der Waals surface area contributed by atoms with Gasteiger partial charge >= 0.3 is 0 Å². The Morgan fingerprint density at radius 2 is 2.33 bits per heavy atom. The normalized spacial score (nSPS) is 24.6. The van der Waals surface area contributed by atoms with Crippen LogP contribution in [0.1, 0.15) is 31.7 Å². The van der Waals surface area contributed by atoms with Gasteiger partial charge in [-0.1, -0.05) is 59.1 Å². The van der Waals surface area contributed by atoms with Gasteiger partial charge in [0.1, 0.15) is 0 Å². The lowest BCUT2D eigenvalue weighted by Gasteiger charge is -2.27. The summed E-state index contributed by atoms with van der Waals surface area (Å²) in [6.07, 6.45) is 8.20. The van der Waals surface area contributed by atoms with Crippen LogP contribution in [0.5, 0.6) is 0 Å². The second kappa shape index (κ2) is 6.74. The molecule has 3 heteroatoms. The fraction of sp³-hybridized carbons (Fsp3) is 0.467. The fourth-order valence-corrected chi connectivity index (χ4v) is 3.14. The van der Waals surface area contributed by atoms with Crippen molar-refractivity contribution in [3.05, 3.63) is 39.3 Å². The van der Waals surface area contributed by atoms with Gasteiger partial charge in [0.25, 0.3) is 0 Å². The van der Waals surface area contributed by atoms with Crippen LogP contribution in [0.4, 0.5) is 0 Å². The zero-order chi connectivity index (χ0) is 13.0. The van der Waals surface area contributed by atoms with E-state index >= 15 is 0 Å². The second-order valence-electron chi connectivity index (χ2n) is 4.88. The summed E-state index contributed by atoms with van der Waals surface area (Å²) in [7, 11) is 0. The van der Waals surface area contributed by atoms with Gasteiger partial charge < -0.3 is 5.32 Å². The highest BCUT2D eigenvalue weighted by Crippen LogP contribution is 2.24. The predicted octanol–water partition coefficient (Wildman–Crippen LogP) is 4.89. The zero-order valence-electron chi connectivity index (χ0n) is 10.6. The molecule has 1 aromatic carbocycles. The average molecular weight is 329 g/mol. The van der Waals surface area contributed by atoms with E-state index in [1.807, 2.05) is 18.2 Å². The van der Waals surface area contributed by atoms with E-state index in [9.17, 15) is 0 Å². The summed E-state index contributed by atoms with van der Waals surface area (Å²) in [5.41, 5.74) is 1.08. The summed E-state index contributed by atoms with van der Waals surface area (Å²) in [6, 6.07) is 6.49. The molecule has 2 rings (SSSR count). The zero-order valence-corrected chi connectivity index (χ0v) is 13.0. The molecular weight excluding hydrogens is 310 g/mol. The van der Waals surface area contributed by atoms with Crippen molar-refractivity contribution in [2.45, 2.75) is 32.2 Å². The van der Waals surface area contributed by atoms with Gasteiger partial charge in [0, 0.05) is 15.5 Å². The van der Waals surface area contributed by atoms with Crippen LogP contribution in [0.25, 0.3) is 6.08 Å². The van der Waals surface area contributed by atoms with Gasteiger partial charge in [-0.15, -0.1) is 0 Å². The topological polar surface area (TPSA) is 12.0 Å². The largest absolute Gasteiger partial charge is 0.310 e. The molecule has 1 fully saturated rings. The van der Waals surface area contributed by atoms with Gasteiger partial charge in [-0.05, 0) is 43.0 Å². The summed E-state index contributed by atoms with van der Waals surface area (Å²) in [5, 5.41) is 4.34. The van der Waals surface area contributed by atoms with Crippen LogP contribution >= 0.6 is 27.5 Å². The first-order valence-corrected chi connectivity index (χ1v) is 7.72. The van der Waals surface area contributed by atoms with Gasteiger partial charge in [-0.3, -0.25) is 0 Å². The third-order valence-electron chi connectivity index (χ3n) is 3.59. The monoisotopic (exact) mass is 327 g/mol. The summed E-state index contributed by atoms with van der Waals surface area (Å²) in [5.74, 6) is 0.862. The van der Waals surface area contributed by atoms with Crippen LogP contribution < -0.4 is 5.32 Å². The Morgan fingerprint density at radius 3 is 3.06 bits per heavy atom. The van der Waals surface area contributed by atoms with Crippen LogP contribution in [-0.4, -0.2) is 12.6 Å². The molecule has 1 aliphatic rings. The molecule has 1 N–H and O–H groups in total. The SMILES string of the molecule is CCC1CCNC(/C=C/c2ccc(Br)cc2Cl)C1. The lowest BCUT2D eigenvalue weighted by atomic mass is 9.90. The van der Waals surface area contributed by atoms with Crippen LogP contribution in [0.15, 0.2) is 28.7 Å². The van der Waals surface area contributed by atoms with Crippen molar-refractivity contribution in [3.8, 4) is 0 Å². The standard InChI is InChI=1S/C15H19BrClN/c1-2-11-7-8-18-14(9-11)6-4-12-3-5-13(16)10-15(12)17/h3-6,10-11,14,18H,2,7-9H2,1H3/b6-4+. The molecule has 1 saturated heterocycles. The number of rotatable bonds is 3. The minimum absolute atomic E-state index is 0.489. The molecule has 0 aliphatic carbocycles. The maximum absolute atomic E-state index is 6.20. The highest BCUT2D eigenvalue weighted by atomic mass is 79.9. The van der Waals surface area contributed by atoms with E-state index in [0.29, 0.717) is 6.04 Å². The molecule has 0 bridgehead atoms. The molecule has 1 aromatic rings. The van der Waals surface area contributed by atoms with E-state index in [4.69, 9.17) is 11.6 Å². The molecule has 98 valence electrons. The highest BCUT2D eigenvalue weighted by molar-refractivity contribution is 9.10. The van der Waals surface area contributed by atoms with Gasteiger partial charge in [0.2, 0.25) is 0 Å². The Hall–Kier alpha value is -0.310. The van der Waals surface area contributed by atoms with Crippen molar-refractivity contribution < 1.29 is 0 Å². The van der Waals surface area contributed by atoms with E-state index in [1.165, 1.54) is 19.3 Å². The average Bonchev–Trinajstić information content (AvgIpc) is 2.38. The van der Waals surface area contributed by atoms with E-state index in [1.54, 1.807) is 0 Å². The number of nitrogens with one attached hydrogen (secondary N) is 1. The van der Waals surface area contributed by atoms with Crippen LogP contribution in [-0.2, 0) is 0 Å². The van der Waals surface area contributed by atoms with Crippen molar-refractivity contribution in [1.29, 1.82) is 0 Å². The van der Waals surface area contributed by atoms with Crippen molar-refractivity contribution in [2.24, 2.45) is 5.92 Å². The maximum atomic E-state index is 6.20. The van der Waals surface area contributed by atoms with E-state index in [-0.39, 0.29) is 0 Å². The molecule has 18 heavy (non-hydrogen) atoms. The summed E-state index contributed by atoms with van der Waals surface area (Å²) in [6.45, 7) is 3.41. The van der Waals surface area contributed by atoms with E-state index in [2.05, 4.69) is 40.3 Å². The lowest BCUT2D eigenvalue weighted by molar-refractivity contribution is 0.326. The van der Waals surface area contributed by atoms with Gasteiger partial charge in [-0.25, -0.2) is 0 Å². The molecular formula is C15H19BrClN. The van der Waals surface area contributed by atoms with E-state index < -0.39 is 0 Å². The Kier molecular flexibility index (Phi) is 5.28. The number of benzene rings is 1. The van der Waals surface area contributed by atoms with E-state index in [0.717, 1.165) is 27.5 Å². The Labute approximate surface area is 123 Å². The molecule has 2 unspecified atom stereocenters. The molecule has 0 amide bonds. The first-order valence-electron chi connectivity index (χ1n) is 6.55. The molecule has 0 aromatic heterocycles. The van der Waals surface area contributed by atoms with Crippen molar-refractivity contribution in [1.82, 2.24) is 5.32 Å². The highest BCUT2D eigenvalue weighted by Gasteiger charge is 2.17. The molecule has 1 heterocycles. The molecule has 1 aliphatic heterocycles. The van der Waals surface area contributed by atoms with Gasteiger partial charge in [0.05, 0.1) is 0 Å². The third-order valence-corrected chi connectivity index (χ3v) is 4.41. The Bertz CT molecular complexity index is 431. The summed E-state index contributed by atoms with van der Waals surface area (Å²) >= 11 is 9.62. The number of hydrogen-bond donors (Lipinski definition) is 1. The maximum Gasteiger partial charge on any atom is 0.0489 e. The first kappa shape index (κ1) is 14.1. The third kappa shape index (κ3) is 3.84. The minimum atomic E-state index is 0.489. The van der Waals surface area contributed by atoms with Crippen LogP contribution in [0, 0.1) is 5.92 Å². The van der Waals surface area contributed by atoms with Crippen LogP contribution in [0.2, 0.25) is 5.02 Å². The quantitative estimate of drug-likeness (QED) is 0.832. The predicted molar refractivity (Wildman–Crippen MR) is 83.0 cm³/mol. The lowest BCUT2D eigenvalue weighted by Crippen LogP contribution is -2.36. The molecule has 0 spiro atoms.